The van der Waals surface area contributed by atoms with E-state index in [0.717, 1.165) is 29.7 Å². The number of fused-ring (bicyclic) bond motifs is 3. The van der Waals surface area contributed by atoms with E-state index >= 15 is 0 Å². The van der Waals surface area contributed by atoms with E-state index in [4.69, 9.17) is 5.73 Å². The van der Waals surface area contributed by atoms with Gasteiger partial charge in [0.2, 0.25) is 5.91 Å². The summed E-state index contributed by atoms with van der Waals surface area (Å²) >= 11 is 4.37. The van der Waals surface area contributed by atoms with Gasteiger partial charge in [-0.15, -0.1) is 22.7 Å². The van der Waals surface area contributed by atoms with Crippen molar-refractivity contribution in [2.45, 2.75) is 18.1 Å². The van der Waals surface area contributed by atoms with E-state index in [1.807, 2.05) is 5.38 Å². The van der Waals surface area contributed by atoms with Gasteiger partial charge in [0.25, 0.3) is 0 Å². The maximum absolute atomic E-state index is 12.0. The van der Waals surface area contributed by atoms with Gasteiger partial charge in [-0.3, -0.25) is 4.79 Å². The minimum atomic E-state index is -0.127. The fraction of sp³-hybridized carbons (Fsp3) is 0.333. The average Bonchev–Trinajstić information content (AvgIpc) is 3.19. The van der Waals surface area contributed by atoms with Crippen LogP contribution in [0.25, 0.3) is 10.2 Å². The zero-order valence-corrected chi connectivity index (χ0v) is 16.0. The zero-order valence-electron chi connectivity index (χ0n) is 13.5. The standard InChI is InChI=1S/C15H16N6OS3/c1-21-4-2-8-9(6-21)25-13-11(8)12(16)19-15(20-13)24-7-10(22)18-14-17-3-5-23-14/h3,5H,2,4,6-7H2,1H3,(H2,16,19,20)(H,17,18,22)/p+1. The highest BCUT2D eigenvalue weighted by molar-refractivity contribution is 7.99. The number of carbonyl (C=O) groups is 1. The molecule has 0 radical (unpaired) electrons. The summed E-state index contributed by atoms with van der Waals surface area (Å²) in [7, 11) is 2.20. The molecule has 4 heterocycles. The van der Waals surface area contributed by atoms with Crippen LogP contribution in [0.15, 0.2) is 16.7 Å². The van der Waals surface area contributed by atoms with Crippen LogP contribution in [0.4, 0.5) is 10.9 Å². The second-order valence-electron chi connectivity index (χ2n) is 5.88. The smallest absolute Gasteiger partial charge is 0.236 e. The van der Waals surface area contributed by atoms with Crippen molar-refractivity contribution < 1.29 is 9.69 Å². The SMILES string of the molecule is C[NH+]1CCc2c(sc3nc(SCC(=O)Nc4nccs4)nc(N)c23)C1. The van der Waals surface area contributed by atoms with Crippen molar-refractivity contribution in [2.75, 3.05) is 30.4 Å². The molecule has 1 aliphatic rings. The molecule has 3 aromatic heterocycles. The van der Waals surface area contributed by atoms with E-state index in [0.29, 0.717) is 16.1 Å². The Balaban J connectivity index is 1.52. The summed E-state index contributed by atoms with van der Waals surface area (Å²) in [6.45, 7) is 2.11. The molecule has 3 aromatic rings. The first kappa shape index (κ1) is 16.7. The normalized spacial score (nSPS) is 16.8. The molecule has 0 saturated heterocycles. The number of nitrogen functional groups attached to an aromatic ring is 1. The highest BCUT2D eigenvalue weighted by atomic mass is 32.2. The molecular formula is C15H17N6OS3+. The number of nitrogens with one attached hydrogen (secondary N) is 2. The Labute approximate surface area is 156 Å². The van der Waals surface area contributed by atoms with Crippen molar-refractivity contribution in [3.8, 4) is 0 Å². The molecule has 0 fully saturated rings. The zero-order chi connectivity index (χ0) is 17.4. The number of quaternary nitrogens is 1. The summed E-state index contributed by atoms with van der Waals surface area (Å²) in [4.78, 5) is 28.8. The fourth-order valence-electron chi connectivity index (χ4n) is 2.85. The molecule has 1 atom stereocenters. The highest BCUT2D eigenvalue weighted by Gasteiger charge is 2.24. The number of aromatic nitrogens is 3. The Morgan fingerprint density at radius 2 is 2.36 bits per heavy atom. The first-order chi connectivity index (χ1) is 12.1. The van der Waals surface area contributed by atoms with Crippen LogP contribution in [0, 0.1) is 0 Å². The molecule has 0 aliphatic carbocycles. The van der Waals surface area contributed by atoms with E-state index in [1.54, 1.807) is 17.5 Å². The van der Waals surface area contributed by atoms with Crippen molar-refractivity contribution in [2.24, 2.45) is 0 Å². The summed E-state index contributed by atoms with van der Waals surface area (Å²) in [5, 5.41) is 6.71. The Morgan fingerprint density at radius 3 is 3.16 bits per heavy atom. The number of nitrogens with two attached hydrogens (primary N) is 1. The van der Waals surface area contributed by atoms with Gasteiger partial charge >= 0.3 is 0 Å². The molecule has 0 spiro atoms. The molecular weight excluding hydrogens is 376 g/mol. The van der Waals surface area contributed by atoms with Gasteiger partial charge in [0.1, 0.15) is 17.2 Å². The number of hydrogen-bond acceptors (Lipinski definition) is 8. The first-order valence-electron chi connectivity index (χ1n) is 7.81. The Morgan fingerprint density at radius 1 is 1.48 bits per heavy atom. The number of nitrogens with zero attached hydrogens (tertiary/aromatic N) is 3. The number of anilines is 2. The van der Waals surface area contributed by atoms with E-state index in [-0.39, 0.29) is 11.7 Å². The predicted molar refractivity (Wildman–Crippen MR) is 102 cm³/mol. The molecule has 0 aromatic carbocycles. The van der Waals surface area contributed by atoms with Gasteiger partial charge in [-0.05, 0) is 5.56 Å². The van der Waals surface area contributed by atoms with Crippen LogP contribution < -0.4 is 16.0 Å². The second-order valence-corrected chi connectivity index (χ2v) is 8.80. The monoisotopic (exact) mass is 393 g/mol. The summed E-state index contributed by atoms with van der Waals surface area (Å²) in [6.07, 6.45) is 2.67. The van der Waals surface area contributed by atoms with Gasteiger partial charge in [0.05, 0.1) is 29.6 Å². The lowest BCUT2D eigenvalue weighted by atomic mass is 10.1. The average molecular weight is 394 g/mol. The number of likely N-dealkylation sites (N-methyl/N-ethyl adjacent to an activating group) is 1. The summed E-state index contributed by atoms with van der Waals surface area (Å²) in [5.74, 6) is 0.616. The summed E-state index contributed by atoms with van der Waals surface area (Å²) in [5.41, 5.74) is 7.51. The fourth-order valence-corrected chi connectivity index (χ4v) is 5.45. The van der Waals surface area contributed by atoms with Crippen LogP contribution in [-0.4, -0.2) is 40.2 Å². The Kier molecular flexibility index (Phi) is 4.59. The third-order valence-corrected chi connectivity index (χ3v) is 6.68. The molecule has 130 valence electrons. The molecule has 0 bridgehead atoms. The maximum atomic E-state index is 12.0. The van der Waals surface area contributed by atoms with Gasteiger partial charge in [-0.2, -0.15) is 0 Å². The lowest BCUT2D eigenvalue weighted by Crippen LogP contribution is -3.08. The third-order valence-electron chi connectivity index (χ3n) is 4.02. The quantitative estimate of drug-likeness (QED) is 0.452. The highest BCUT2D eigenvalue weighted by Crippen LogP contribution is 2.35. The topological polar surface area (TPSA) is 98.2 Å². The molecule has 4 N–H and O–H groups in total. The van der Waals surface area contributed by atoms with Gasteiger partial charge in [0, 0.05) is 18.0 Å². The Hall–Kier alpha value is -1.75. The largest absolute Gasteiger partial charge is 0.383 e. The van der Waals surface area contributed by atoms with Crippen LogP contribution in [0.3, 0.4) is 0 Å². The lowest BCUT2D eigenvalue weighted by Gasteiger charge is -2.19. The van der Waals surface area contributed by atoms with Crippen molar-refractivity contribution in [1.82, 2.24) is 15.0 Å². The third kappa shape index (κ3) is 3.47. The molecule has 1 unspecified atom stereocenters. The van der Waals surface area contributed by atoms with Gasteiger partial charge < -0.3 is 16.0 Å². The molecule has 1 amide bonds. The van der Waals surface area contributed by atoms with Crippen LogP contribution >= 0.6 is 34.4 Å². The number of amides is 1. The number of thioether (sulfide) groups is 1. The minimum Gasteiger partial charge on any atom is -0.383 e. The molecule has 4 rings (SSSR count). The molecule has 25 heavy (non-hydrogen) atoms. The van der Waals surface area contributed by atoms with Crippen LogP contribution in [-0.2, 0) is 17.8 Å². The van der Waals surface area contributed by atoms with E-state index in [2.05, 4.69) is 27.3 Å². The number of thiophene rings is 1. The van der Waals surface area contributed by atoms with E-state index in [1.165, 1.54) is 38.4 Å². The van der Waals surface area contributed by atoms with Crippen molar-refractivity contribution in [3.05, 3.63) is 22.0 Å². The lowest BCUT2D eigenvalue weighted by molar-refractivity contribution is -0.895. The van der Waals surface area contributed by atoms with Gasteiger partial charge in [-0.25, -0.2) is 15.0 Å². The Bertz CT molecular complexity index is 923. The molecule has 7 nitrogen and oxygen atoms in total. The van der Waals surface area contributed by atoms with Crippen molar-refractivity contribution in [3.63, 3.8) is 0 Å². The number of carbonyl (C=O) groups excluding carboxylic acids is 1. The van der Waals surface area contributed by atoms with E-state index in [9.17, 15) is 4.79 Å². The molecule has 1 aliphatic heterocycles. The summed E-state index contributed by atoms with van der Waals surface area (Å²) in [6, 6.07) is 0. The van der Waals surface area contributed by atoms with Crippen LogP contribution in [0.2, 0.25) is 0 Å². The maximum Gasteiger partial charge on any atom is 0.236 e. The summed E-state index contributed by atoms with van der Waals surface area (Å²) < 4.78 is 0. The molecule has 0 saturated carbocycles. The number of hydrogen-bond donors (Lipinski definition) is 3. The predicted octanol–water partition coefficient (Wildman–Crippen LogP) is 1.03. The van der Waals surface area contributed by atoms with Crippen LogP contribution in [0.5, 0.6) is 0 Å². The number of thiazole rings is 1. The van der Waals surface area contributed by atoms with E-state index < -0.39 is 0 Å². The van der Waals surface area contributed by atoms with Gasteiger partial charge in [0.15, 0.2) is 10.3 Å². The van der Waals surface area contributed by atoms with Crippen LogP contribution in [0.1, 0.15) is 10.4 Å². The van der Waals surface area contributed by atoms with Crippen molar-refractivity contribution in [1.29, 1.82) is 0 Å². The minimum absolute atomic E-state index is 0.127. The first-order valence-corrected chi connectivity index (χ1v) is 10.5. The van der Waals surface area contributed by atoms with Crippen molar-refractivity contribution >= 4 is 61.5 Å². The van der Waals surface area contributed by atoms with Gasteiger partial charge in [-0.1, -0.05) is 11.8 Å². The molecule has 10 heteroatoms. The number of rotatable bonds is 4. The second kappa shape index (κ2) is 6.87.